The van der Waals surface area contributed by atoms with Gasteiger partial charge in [0.15, 0.2) is 0 Å². The van der Waals surface area contributed by atoms with E-state index >= 15 is 0 Å². The van der Waals surface area contributed by atoms with Gasteiger partial charge in [-0.3, -0.25) is 9.59 Å². The largest absolute Gasteiger partial charge is 0.419 e. The van der Waals surface area contributed by atoms with Gasteiger partial charge in [-0.1, -0.05) is 6.07 Å². The van der Waals surface area contributed by atoms with E-state index in [0.29, 0.717) is 17.6 Å². The van der Waals surface area contributed by atoms with Crippen molar-refractivity contribution < 1.29 is 26.7 Å². The summed E-state index contributed by atoms with van der Waals surface area (Å²) in [5, 5.41) is 0.0731. The summed E-state index contributed by atoms with van der Waals surface area (Å²) in [6.07, 6.45) is -2.15. The Bertz CT molecular complexity index is 1200. The Hall–Kier alpha value is -3.17. The van der Waals surface area contributed by atoms with Crippen LogP contribution in [0.4, 0.5) is 22.0 Å². The zero-order chi connectivity index (χ0) is 21.8. The maximum absolute atomic E-state index is 13.6. The van der Waals surface area contributed by atoms with Gasteiger partial charge in [0.25, 0.3) is 5.56 Å². The van der Waals surface area contributed by atoms with E-state index in [1.165, 1.54) is 30.3 Å². The quantitative estimate of drug-likeness (QED) is 0.651. The minimum absolute atomic E-state index is 0.00657. The first-order valence-corrected chi connectivity index (χ1v) is 9.01. The fraction of sp³-hybridized carbons (Fsp3) is 0.300. The molecule has 3 heterocycles. The number of pyridine rings is 1. The second-order valence-corrected chi connectivity index (χ2v) is 7.60. The SMILES string of the molecule is CC1(F)CN(C(=O)Cn2ccc3[nH]cc(-c4ccc(F)c(C(F)(F)F)c4)c3c2=O)C1. The highest BCUT2D eigenvalue weighted by Crippen LogP contribution is 2.35. The second-order valence-electron chi connectivity index (χ2n) is 7.60. The predicted octanol–water partition coefficient (Wildman–Crippen LogP) is 3.72. The van der Waals surface area contributed by atoms with Crippen LogP contribution in [0.5, 0.6) is 0 Å². The highest BCUT2D eigenvalue weighted by Gasteiger charge is 2.41. The first-order valence-electron chi connectivity index (χ1n) is 9.01. The molecule has 3 aromatic rings. The van der Waals surface area contributed by atoms with Crippen LogP contribution in [0.1, 0.15) is 12.5 Å². The molecule has 10 heteroatoms. The minimum Gasteiger partial charge on any atom is -0.360 e. The molecule has 2 aromatic heterocycles. The molecule has 5 nitrogen and oxygen atoms in total. The van der Waals surface area contributed by atoms with Crippen molar-refractivity contribution >= 4 is 16.8 Å². The van der Waals surface area contributed by atoms with Crippen molar-refractivity contribution in [3.63, 3.8) is 0 Å². The van der Waals surface area contributed by atoms with Gasteiger partial charge in [0.05, 0.1) is 29.6 Å². The number of H-pyrrole nitrogens is 1. The molecular formula is C20H16F5N3O2. The highest BCUT2D eigenvalue weighted by atomic mass is 19.4. The molecule has 1 aliphatic rings. The molecule has 30 heavy (non-hydrogen) atoms. The molecule has 0 aliphatic carbocycles. The van der Waals surface area contributed by atoms with Gasteiger partial charge in [0, 0.05) is 18.0 Å². The number of benzene rings is 1. The number of fused-ring (bicyclic) bond motifs is 1. The molecule has 0 unspecified atom stereocenters. The lowest BCUT2D eigenvalue weighted by Gasteiger charge is -2.42. The number of nitrogens with zero attached hydrogens (tertiary/aromatic N) is 2. The third-order valence-electron chi connectivity index (χ3n) is 5.09. The Balaban J connectivity index is 1.73. The molecule has 0 saturated carbocycles. The number of carbonyl (C=O) groups is 1. The first-order chi connectivity index (χ1) is 14.0. The number of halogens is 5. The number of nitrogens with one attached hydrogen (secondary N) is 1. The number of amides is 1. The molecule has 1 aromatic carbocycles. The zero-order valence-corrected chi connectivity index (χ0v) is 15.7. The monoisotopic (exact) mass is 425 g/mol. The van der Waals surface area contributed by atoms with E-state index < -0.39 is 34.7 Å². The number of hydrogen-bond acceptors (Lipinski definition) is 2. The zero-order valence-electron chi connectivity index (χ0n) is 15.7. The lowest BCUT2D eigenvalue weighted by atomic mass is 9.99. The Kier molecular flexibility index (Phi) is 4.48. The average Bonchev–Trinajstić information content (AvgIpc) is 3.06. The smallest absolute Gasteiger partial charge is 0.360 e. The van der Waals surface area contributed by atoms with Gasteiger partial charge in [-0.2, -0.15) is 13.2 Å². The summed E-state index contributed by atoms with van der Waals surface area (Å²) in [7, 11) is 0. The number of aromatic amines is 1. The lowest BCUT2D eigenvalue weighted by Crippen LogP contribution is -2.60. The van der Waals surface area contributed by atoms with E-state index in [1.807, 2.05) is 0 Å². The molecule has 1 fully saturated rings. The van der Waals surface area contributed by atoms with E-state index in [1.54, 1.807) is 0 Å². The van der Waals surface area contributed by atoms with Gasteiger partial charge in [0.1, 0.15) is 18.0 Å². The molecular weight excluding hydrogens is 409 g/mol. The van der Waals surface area contributed by atoms with Crippen LogP contribution in [0.15, 0.2) is 41.5 Å². The first kappa shape index (κ1) is 20.1. The fourth-order valence-corrected chi connectivity index (χ4v) is 3.61. The van der Waals surface area contributed by atoms with Gasteiger partial charge >= 0.3 is 6.18 Å². The van der Waals surface area contributed by atoms with Crippen molar-refractivity contribution in [3.8, 4) is 11.1 Å². The van der Waals surface area contributed by atoms with E-state index in [-0.39, 0.29) is 36.1 Å². The summed E-state index contributed by atoms with van der Waals surface area (Å²) < 4.78 is 67.5. The van der Waals surface area contributed by atoms with Gasteiger partial charge in [0.2, 0.25) is 5.91 Å². The van der Waals surface area contributed by atoms with Crippen LogP contribution in [0.25, 0.3) is 22.0 Å². The van der Waals surface area contributed by atoms with Gasteiger partial charge < -0.3 is 14.5 Å². The molecule has 4 rings (SSSR count). The Labute approximate surface area is 166 Å². The van der Waals surface area contributed by atoms with Crippen molar-refractivity contribution in [2.75, 3.05) is 13.1 Å². The van der Waals surface area contributed by atoms with Gasteiger partial charge in [-0.05, 0) is 30.7 Å². The van der Waals surface area contributed by atoms with Crippen LogP contribution in [0.3, 0.4) is 0 Å². The molecule has 0 atom stereocenters. The molecule has 1 amide bonds. The number of likely N-dealkylation sites (tertiary alicyclic amines) is 1. The van der Waals surface area contributed by atoms with E-state index in [9.17, 15) is 31.5 Å². The van der Waals surface area contributed by atoms with Crippen molar-refractivity contribution in [1.29, 1.82) is 0 Å². The number of carbonyl (C=O) groups excluding carboxylic acids is 1. The van der Waals surface area contributed by atoms with Crippen LogP contribution in [0, 0.1) is 5.82 Å². The van der Waals surface area contributed by atoms with Crippen molar-refractivity contribution in [2.45, 2.75) is 25.3 Å². The number of hydrogen-bond donors (Lipinski definition) is 1. The van der Waals surface area contributed by atoms with Crippen LogP contribution in [-0.4, -0.2) is 39.1 Å². The molecule has 158 valence electrons. The third-order valence-corrected chi connectivity index (χ3v) is 5.09. The lowest BCUT2D eigenvalue weighted by molar-refractivity contribution is -0.144. The molecule has 1 aliphatic heterocycles. The fourth-order valence-electron chi connectivity index (χ4n) is 3.61. The van der Waals surface area contributed by atoms with Crippen LogP contribution in [-0.2, 0) is 17.5 Å². The number of aromatic nitrogens is 2. The van der Waals surface area contributed by atoms with Gasteiger partial charge in [-0.25, -0.2) is 8.78 Å². The van der Waals surface area contributed by atoms with Crippen molar-refractivity contribution in [3.05, 3.63) is 58.4 Å². The summed E-state index contributed by atoms with van der Waals surface area (Å²) in [4.78, 5) is 29.3. The molecule has 1 saturated heterocycles. The van der Waals surface area contributed by atoms with E-state index in [2.05, 4.69) is 4.98 Å². The second kappa shape index (κ2) is 6.68. The van der Waals surface area contributed by atoms with Crippen LogP contribution < -0.4 is 5.56 Å². The number of alkyl halides is 4. The average molecular weight is 425 g/mol. The molecule has 0 radical (unpaired) electrons. The van der Waals surface area contributed by atoms with Crippen molar-refractivity contribution in [2.24, 2.45) is 0 Å². The normalized spacial score (nSPS) is 16.0. The maximum Gasteiger partial charge on any atom is 0.419 e. The third kappa shape index (κ3) is 3.46. The maximum atomic E-state index is 13.6. The topological polar surface area (TPSA) is 58.1 Å². The summed E-state index contributed by atoms with van der Waals surface area (Å²) >= 11 is 0. The Morgan fingerprint density at radius 2 is 1.93 bits per heavy atom. The highest BCUT2D eigenvalue weighted by molar-refractivity contribution is 5.95. The summed E-state index contributed by atoms with van der Waals surface area (Å²) in [5.74, 6) is -1.85. The van der Waals surface area contributed by atoms with Gasteiger partial charge in [-0.15, -0.1) is 0 Å². The standard InChI is InChI=1S/C20H16F5N3O2/c1-19(22)9-28(10-19)16(29)8-27-5-4-15-17(18(27)30)12(7-26-15)11-2-3-14(21)13(6-11)20(23,24)25/h2-7,26H,8-10H2,1H3. The Morgan fingerprint density at radius 1 is 1.23 bits per heavy atom. The Morgan fingerprint density at radius 3 is 2.57 bits per heavy atom. The number of rotatable bonds is 3. The molecule has 0 bridgehead atoms. The van der Waals surface area contributed by atoms with Crippen molar-refractivity contribution in [1.82, 2.24) is 14.5 Å². The summed E-state index contributed by atoms with van der Waals surface area (Å²) in [6.45, 7) is 0.924. The summed E-state index contributed by atoms with van der Waals surface area (Å²) in [6, 6.07) is 4.00. The summed E-state index contributed by atoms with van der Waals surface area (Å²) in [5.41, 5.74) is -2.96. The predicted molar refractivity (Wildman–Crippen MR) is 99.0 cm³/mol. The van der Waals surface area contributed by atoms with Crippen LogP contribution in [0.2, 0.25) is 0 Å². The van der Waals surface area contributed by atoms with E-state index in [0.717, 1.165) is 10.6 Å². The van der Waals surface area contributed by atoms with Crippen LogP contribution >= 0.6 is 0 Å². The van der Waals surface area contributed by atoms with E-state index in [4.69, 9.17) is 0 Å². The minimum atomic E-state index is -4.89. The molecule has 1 N–H and O–H groups in total. The molecule has 0 spiro atoms.